The van der Waals surface area contributed by atoms with E-state index in [1.165, 1.54) is 10.6 Å². The van der Waals surface area contributed by atoms with Crippen molar-refractivity contribution in [1.82, 2.24) is 0 Å². The average molecular weight is 351 g/mol. The third kappa shape index (κ3) is 3.30. The number of rotatable bonds is 4. The molecular weight excluding hydrogens is 326 g/mol. The predicted octanol–water partition coefficient (Wildman–Crippen LogP) is 1.27. The lowest BCUT2D eigenvalue weighted by molar-refractivity contribution is -0.914. The van der Waals surface area contributed by atoms with Crippen LogP contribution < -0.4 is 19.5 Å². The highest BCUT2D eigenvalue weighted by Crippen LogP contribution is 2.29. The molecule has 4 rings (SSSR count). The van der Waals surface area contributed by atoms with Gasteiger partial charge in [-0.25, -0.2) is 4.98 Å². The zero-order chi connectivity index (χ0) is 17.9. The summed E-state index contributed by atoms with van der Waals surface area (Å²) in [6, 6.07) is 14.1. The van der Waals surface area contributed by atoms with Gasteiger partial charge in [0, 0.05) is 17.8 Å². The molecule has 5 nitrogen and oxygen atoms in total. The van der Waals surface area contributed by atoms with E-state index in [-0.39, 0.29) is 0 Å². The smallest absolute Gasteiger partial charge is 0.169 e. The number of phenols is 1. The number of ether oxygens (including phenoxy) is 1. The van der Waals surface area contributed by atoms with Crippen LogP contribution in [0.4, 0.5) is 5.69 Å². The molecule has 0 spiro atoms. The second kappa shape index (κ2) is 7.22. The number of benzene rings is 2. The highest BCUT2D eigenvalue weighted by molar-refractivity contribution is 5.88. The summed E-state index contributed by atoms with van der Waals surface area (Å²) in [4.78, 5) is 6.99. The quantitative estimate of drug-likeness (QED) is 0.744. The van der Waals surface area contributed by atoms with Gasteiger partial charge in [0.25, 0.3) is 0 Å². The lowest BCUT2D eigenvalue weighted by Gasteiger charge is -2.33. The number of phenolic OH excluding ortho intramolecular Hbond substituents is 1. The maximum atomic E-state index is 10.5. The fraction of sp³-hybridized carbons (Fsp3) is 0.286. The van der Waals surface area contributed by atoms with Gasteiger partial charge in [0.15, 0.2) is 12.4 Å². The van der Waals surface area contributed by atoms with Crippen molar-refractivity contribution in [3.8, 4) is 11.5 Å². The van der Waals surface area contributed by atoms with E-state index in [9.17, 15) is 5.11 Å². The van der Waals surface area contributed by atoms with Crippen LogP contribution >= 0.6 is 0 Å². The molecule has 0 amide bonds. The average Bonchev–Trinajstić information content (AvgIpc) is 2.71. The van der Waals surface area contributed by atoms with E-state index in [2.05, 4.69) is 28.1 Å². The van der Waals surface area contributed by atoms with Crippen molar-refractivity contribution in [2.75, 3.05) is 38.2 Å². The lowest BCUT2D eigenvalue weighted by Crippen LogP contribution is -3.13. The number of nitrogens with one attached hydrogen (secondary N) is 2. The Morgan fingerprint density at radius 2 is 1.81 bits per heavy atom. The van der Waals surface area contributed by atoms with Crippen LogP contribution in [-0.4, -0.2) is 38.4 Å². The monoisotopic (exact) mass is 351 g/mol. The molecule has 0 unspecified atom stereocenters. The van der Waals surface area contributed by atoms with Gasteiger partial charge in [0.05, 0.1) is 38.9 Å². The largest absolute Gasteiger partial charge is 0.507 e. The van der Waals surface area contributed by atoms with E-state index in [0.717, 1.165) is 54.8 Å². The number of piperazine rings is 1. The molecule has 26 heavy (non-hydrogen) atoms. The minimum absolute atomic E-state index is 0.374. The molecular formula is C21H25N3O2+2. The normalized spacial score (nSPS) is 15.3. The second-order valence-corrected chi connectivity index (χ2v) is 6.82. The molecule has 1 fully saturated rings. The molecule has 2 aromatic carbocycles. The fourth-order valence-corrected chi connectivity index (χ4v) is 3.76. The molecule has 0 bridgehead atoms. The maximum absolute atomic E-state index is 10.5. The number of fused-ring (bicyclic) bond motifs is 1. The van der Waals surface area contributed by atoms with Gasteiger partial charge < -0.3 is 19.6 Å². The van der Waals surface area contributed by atoms with E-state index in [1.54, 1.807) is 13.2 Å². The molecule has 1 aliphatic heterocycles. The zero-order valence-corrected chi connectivity index (χ0v) is 15.0. The molecule has 0 radical (unpaired) electrons. The van der Waals surface area contributed by atoms with Crippen LogP contribution in [0.5, 0.6) is 11.5 Å². The van der Waals surface area contributed by atoms with Gasteiger partial charge >= 0.3 is 0 Å². The number of aromatic hydroxyl groups is 1. The first-order valence-corrected chi connectivity index (χ1v) is 9.08. The number of aromatic nitrogens is 1. The van der Waals surface area contributed by atoms with E-state index in [1.807, 2.05) is 30.6 Å². The summed E-state index contributed by atoms with van der Waals surface area (Å²) < 4.78 is 5.37. The molecule has 0 atom stereocenters. The van der Waals surface area contributed by atoms with Crippen molar-refractivity contribution in [2.45, 2.75) is 6.54 Å². The highest BCUT2D eigenvalue weighted by Gasteiger charge is 2.22. The molecule has 0 aliphatic carbocycles. The van der Waals surface area contributed by atoms with Gasteiger partial charge in [-0.2, -0.15) is 0 Å². The van der Waals surface area contributed by atoms with Gasteiger partial charge in [-0.3, -0.25) is 0 Å². The molecule has 1 saturated heterocycles. The second-order valence-electron chi connectivity index (χ2n) is 6.82. The van der Waals surface area contributed by atoms with Crippen molar-refractivity contribution in [3.05, 3.63) is 60.4 Å². The Kier molecular flexibility index (Phi) is 4.63. The van der Waals surface area contributed by atoms with Crippen LogP contribution in [0.3, 0.4) is 0 Å². The summed E-state index contributed by atoms with van der Waals surface area (Å²) in [6.07, 6.45) is 3.94. The summed E-state index contributed by atoms with van der Waals surface area (Å²) in [5.74, 6) is 1.20. The van der Waals surface area contributed by atoms with Gasteiger partial charge in [-0.15, -0.1) is 0 Å². The number of H-pyrrole nitrogens is 1. The number of hydrogen-bond acceptors (Lipinski definition) is 3. The van der Waals surface area contributed by atoms with Crippen molar-refractivity contribution < 1.29 is 19.7 Å². The van der Waals surface area contributed by atoms with Crippen LogP contribution in [-0.2, 0) is 6.54 Å². The number of pyridine rings is 1. The topological polar surface area (TPSA) is 51.3 Å². The Labute approximate surface area is 153 Å². The van der Waals surface area contributed by atoms with E-state index >= 15 is 0 Å². The van der Waals surface area contributed by atoms with Crippen molar-refractivity contribution in [3.63, 3.8) is 0 Å². The Morgan fingerprint density at radius 3 is 2.54 bits per heavy atom. The maximum Gasteiger partial charge on any atom is 0.169 e. The zero-order valence-electron chi connectivity index (χ0n) is 15.0. The van der Waals surface area contributed by atoms with Crippen LogP contribution in [0.25, 0.3) is 10.8 Å². The van der Waals surface area contributed by atoms with E-state index in [4.69, 9.17) is 4.74 Å². The van der Waals surface area contributed by atoms with Crippen LogP contribution in [0.1, 0.15) is 5.56 Å². The van der Waals surface area contributed by atoms with Gasteiger partial charge in [-0.1, -0.05) is 12.1 Å². The Bertz CT molecular complexity index is 890. The SMILES string of the molecule is COc1ccc2ccc(O)c(C[NH+]3CCN(c4cc[nH+]cc4)CC3)c2c1. The molecule has 3 aromatic rings. The number of anilines is 1. The number of quaternary nitrogens is 1. The standard InChI is InChI=1S/C21H23N3O2/c1-26-18-4-2-16-3-5-21(25)20(19(16)14-18)15-23-10-12-24(13-11-23)17-6-8-22-9-7-17/h2-9,14,25H,10-13,15H2,1H3/p+2. The predicted molar refractivity (Wildman–Crippen MR) is 102 cm³/mol. The van der Waals surface area contributed by atoms with Crippen molar-refractivity contribution in [1.29, 1.82) is 0 Å². The summed E-state index contributed by atoms with van der Waals surface area (Å²) in [5, 5.41) is 12.7. The Hall–Kier alpha value is -2.79. The molecule has 3 N–H and O–H groups in total. The van der Waals surface area contributed by atoms with E-state index < -0.39 is 0 Å². The first-order chi connectivity index (χ1) is 12.7. The van der Waals surface area contributed by atoms with Crippen LogP contribution in [0.2, 0.25) is 0 Å². The number of hydrogen-bond donors (Lipinski definition) is 2. The molecule has 1 aliphatic rings. The molecule has 1 aromatic heterocycles. The van der Waals surface area contributed by atoms with Crippen LogP contribution in [0.15, 0.2) is 54.9 Å². The molecule has 0 saturated carbocycles. The van der Waals surface area contributed by atoms with E-state index in [0.29, 0.717) is 5.75 Å². The summed E-state index contributed by atoms with van der Waals surface area (Å²) in [6.45, 7) is 4.98. The Morgan fingerprint density at radius 1 is 1.08 bits per heavy atom. The lowest BCUT2D eigenvalue weighted by atomic mass is 10.0. The third-order valence-corrected chi connectivity index (χ3v) is 5.28. The number of methoxy groups -OCH3 is 1. The van der Waals surface area contributed by atoms with Crippen LogP contribution in [0, 0.1) is 0 Å². The fourth-order valence-electron chi connectivity index (χ4n) is 3.76. The summed E-state index contributed by atoms with van der Waals surface area (Å²) in [5.41, 5.74) is 2.28. The molecule has 2 heterocycles. The first kappa shape index (κ1) is 16.7. The number of nitrogens with zero attached hydrogens (tertiary/aromatic N) is 1. The summed E-state index contributed by atoms with van der Waals surface area (Å²) >= 11 is 0. The van der Waals surface area contributed by atoms with Crippen molar-refractivity contribution in [2.24, 2.45) is 0 Å². The van der Waals surface area contributed by atoms with Crippen molar-refractivity contribution >= 4 is 16.5 Å². The summed E-state index contributed by atoms with van der Waals surface area (Å²) in [7, 11) is 1.68. The minimum Gasteiger partial charge on any atom is -0.507 e. The number of aromatic amines is 1. The van der Waals surface area contributed by atoms with Gasteiger partial charge in [-0.05, 0) is 29.0 Å². The first-order valence-electron chi connectivity index (χ1n) is 9.08. The minimum atomic E-state index is 0.374. The molecule has 5 heteroatoms. The molecule has 134 valence electrons. The third-order valence-electron chi connectivity index (χ3n) is 5.28. The Balaban J connectivity index is 1.52. The van der Waals surface area contributed by atoms with Gasteiger partial charge in [0.1, 0.15) is 18.0 Å². The highest BCUT2D eigenvalue weighted by atomic mass is 16.5. The van der Waals surface area contributed by atoms with Gasteiger partial charge in [0.2, 0.25) is 0 Å².